The molecule has 1 fully saturated rings. The number of hydrazine groups is 1. The SMILES string of the molecule is CC(C)c1cccc(C(C)C)c1N1C(=O)c2ccc3c4c(ccc(c24)C1=O)C(=O)N(N1CCC(C(=O)O)CC1)C3=O. The summed E-state index contributed by atoms with van der Waals surface area (Å²) in [4.78, 5) is 68.3. The Hall–Kier alpha value is -4.37. The number of anilines is 1. The van der Waals surface area contributed by atoms with Crippen molar-refractivity contribution in [3.8, 4) is 0 Å². The molecule has 1 N–H and O–H groups in total. The summed E-state index contributed by atoms with van der Waals surface area (Å²) in [5.74, 6) is -3.35. The summed E-state index contributed by atoms with van der Waals surface area (Å²) < 4.78 is 0. The van der Waals surface area contributed by atoms with Gasteiger partial charge in [-0.15, -0.1) is 0 Å². The van der Waals surface area contributed by atoms with E-state index in [0.29, 0.717) is 29.3 Å². The van der Waals surface area contributed by atoms with Crippen LogP contribution in [-0.2, 0) is 4.79 Å². The third-order valence-electron chi connectivity index (χ3n) is 8.54. The number of hydrogen-bond acceptors (Lipinski definition) is 6. The molecule has 0 aliphatic carbocycles. The Labute approximate surface area is 237 Å². The summed E-state index contributed by atoms with van der Waals surface area (Å²) in [6, 6.07) is 12.1. The normalized spacial score (nSPS) is 17.9. The number of piperidine rings is 1. The van der Waals surface area contributed by atoms with Crippen molar-refractivity contribution >= 4 is 46.1 Å². The quantitative estimate of drug-likeness (QED) is 0.432. The molecule has 0 aromatic heterocycles. The van der Waals surface area contributed by atoms with Gasteiger partial charge in [0.1, 0.15) is 0 Å². The minimum atomic E-state index is -0.884. The lowest BCUT2D eigenvalue weighted by molar-refractivity contribution is -0.144. The Bertz CT molecular complexity index is 1590. The van der Waals surface area contributed by atoms with Crippen molar-refractivity contribution in [3.05, 3.63) is 75.8 Å². The molecule has 3 heterocycles. The number of benzene rings is 3. The number of rotatable bonds is 5. The molecule has 41 heavy (non-hydrogen) atoms. The Kier molecular flexibility index (Phi) is 6.30. The smallest absolute Gasteiger partial charge is 0.306 e. The fourth-order valence-corrected chi connectivity index (χ4v) is 6.40. The summed E-state index contributed by atoms with van der Waals surface area (Å²) in [5.41, 5.74) is 3.38. The van der Waals surface area contributed by atoms with E-state index in [0.717, 1.165) is 16.1 Å². The average molecular weight is 554 g/mol. The topological polar surface area (TPSA) is 115 Å². The average Bonchev–Trinajstić information content (AvgIpc) is 2.95. The summed E-state index contributed by atoms with van der Waals surface area (Å²) in [5, 5.41) is 12.7. The third kappa shape index (κ3) is 3.90. The van der Waals surface area contributed by atoms with Crippen LogP contribution in [0.3, 0.4) is 0 Å². The van der Waals surface area contributed by atoms with Gasteiger partial charge in [0.05, 0.1) is 22.7 Å². The zero-order valence-electron chi connectivity index (χ0n) is 23.4. The summed E-state index contributed by atoms with van der Waals surface area (Å²) >= 11 is 0. The molecule has 3 aromatic rings. The van der Waals surface area contributed by atoms with E-state index >= 15 is 0 Å². The number of carboxylic acid groups (broad SMARTS) is 1. The molecule has 3 aromatic carbocycles. The van der Waals surface area contributed by atoms with Gasteiger partial charge in [0.2, 0.25) is 0 Å². The predicted molar refractivity (Wildman–Crippen MR) is 152 cm³/mol. The van der Waals surface area contributed by atoms with Gasteiger partial charge in [0.15, 0.2) is 0 Å². The molecular weight excluding hydrogens is 522 g/mol. The van der Waals surface area contributed by atoms with Gasteiger partial charge in [-0.05, 0) is 60.1 Å². The number of nitrogens with zero attached hydrogens (tertiary/aromatic N) is 3. The lowest BCUT2D eigenvalue weighted by Gasteiger charge is -2.40. The monoisotopic (exact) mass is 553 g/mol. The third-order valence-corrected chi connectivity index (χ3v) is 8.54. The van der Waals surface area contributed by atoms with Crippen LogP contribution in [0.2, 0.25) is 0 Å². The van der Waals surface area contributed by atoms with Crippen molar-refractivity contribution in [2.24, 2.45) is 5.92 Å². The molecule has 0 unspecified atom stereocenters. The minimum absolute atomic E-state index is 0.0582. The molecule has 0 bridgehead atoms. The highest BCUT2D eigenvalue weighted by Crippen LogP contribution is 2.43. The molecule has 9 nitrogen and oxygen atoms in total. The Balaban J connectivity index is 1.47. The van der Waals surface area contributed by atoms with Gasteiger partial charge in [0, 0.05) is 35.0 Å². The molecule has 0 spiro atoms. The maximum atomic E-state index is 14.1. The fourth-order valence-electron chi connectivity index (χ4n) is 6.40. The second kappa shape index (κ2) is 9.62. The van der Waals surface area contributed by atoms with Crippen molar-refractivity contribution in [2.75, 3.05) is 18.0 Å². The first-order chi connectivity index (χ1) is 19.5. The highest BCUT2D eigenvalue weighted by atomic mass is 16.4. The second-order valence-corrected chi connectivity index (χ2v) is 11.6. The summed E-state index contributed by atoms with van der Waals surface area (Å²) in [6.07, 6.45) is 0.642. The molecule has 4 amide bonds. The van der Waals surface area contributed by atoms with E-state index in [1.54, 1.807) is 29.3 Å². The van der Waals surface area contributed by atoms with Crippen LogP contribution in [0.5, 0.6) is 0 Å². The van der Waals surface area contributed by atoms with Crippen molar-refractivity contribution < 1.29 is 29.1 Å². The standard InChI is InChI=1S/C32H31N3O6/c1-16(2)19-6-5-7-20(17(3)4)27(19)34-28(36)21-8-10-23-26-24(11-9-22(25(21)26)29(34)37)31(39)35(30(23)38)33-14-12-18(13-15-33)32(40)41/h5-11,16-18H,12-15H2,1-4H3,(H,40,41). The number of carbonyl (C=O) groups is 5. The highest BCUT2D eigenvalue weighted by molar-refractivity contribution is 6.39. The number of carboxylic acids is 1. The maximum Gasteiger partial charge on any atom is 0.306 e. The maximum absolute atomic E-state index is 14.1. The molecule has 1 saturated heterocycles. The molecule has 210 valence electrons. The van der Waals surface area contributed by atoms with E-state index in [1.807, 2.05) is 45.9 Å². The van der Waals surface area contributed by atoms with E-state index in [9.17, 15) is 29.1 Å². The van der Waals surface area contributed by atoms with Crippen LogP contribution in [-0.4, -0.2) is 57.8 Å². The molecule has 0 atom stereocenters. The second-order valence-electron chi connectivity index (χ2n) is 11.6. The first-order valence-corrected chi connectivity index (χ1v) is 14.0. The molecule has 3 aliphatic rings. The predicted octanol–water partition coefficient (Wildman–Crippen LogP) is 5.19. The van der Waals surface area contributed by atoms with Crippen LogP contribution in [0, 0.1) is 5.92 Å². The lowest BCUT2D eigenvalue weighted by Crippen LogP contribution is -2.55. The van der Waals surface area contributed by atoms with Crippen LogP contribution in [0.15, 0.2) is 42.5 Å². The number of amides is 4. The number of aliphatic carboxylic acids is 1. The first-order valence-electron chi connectivity index (χ1n) is 14.0. The van der Waals surface area contributed by atoms with Crippen molar-refractivity contribution in [3.63, 3.8) is 0 Å². The molecule has 3 aliphatic heterocycles. The van der Waals surface area contributed by atoms with Gasteiger partial charge in [0.25, 0.3) is 23.6 Å². The van der Waals surface area contributed by atoms with E-state index in [-0.39, 0.29) is 47.2 Å². The van der Waals surface area contributed by atoms with E-state index in [2.05, 4.69) is 0 Å². The molecule has 0 saturated carbocycles. The summed E-state index contributed by atoms with van der Waals surface area (Å²) in [7, 11) is 0. The van der Waals surface area contributed by atoms with Gasteiger partial charge in [-0.25, -0.2) is 14.9 Å². The Morgan fingerprint density at radius 2 is 1.12 bits per heavy atom. The van der Waals surface area contributed by atoms with Crippen LogP contribution in [0.25, 0.3) is 10.8 Å². The van der Waals surface area contributed by atoms with Crippen molar-refractivity contribution in [1.82, 2.24) is 10.0 Å². The van der Waals surface area contributed by atoms with Crippen LogP contribution < -0.4 is 4.90 Å². The first kappa shape index (κ1) is 26.8. The number of para-hydroxylation sites is 1. The molecule has 0 radical (unpaired) electrons. The summed E-state index contributed by atoms with van der Waals surface area (Å²) in [6.45, 7) is 8.59. The Morgan fingerprint density at radius 1 is 0.707 bits per heavy atom. The number of carbonyl (C=O) groups excluding carboxylic acids is 4. The van der Waals surface area contributed by atoms with Crippen LogP contribution in [0.1, 0.15) is 105 Å². The zero-order valence-corrected chi connectivity index (χ0v) is 23.4. The highest BCUT2D eigenvalue weighted by Gasteiger charge is 2.43. The largest absolute Gasteiger partial charge is 0.481 e. The van der Waals surface area contributed by atoms with Crippen molar-refractivity contribution in [2.45, 2.75) is 52.4 Å². The van der Waals surface area contributed by atoms with Gasteiger partial charge < -0.3 is 5.11 Å². The molecule has 6 rings (SSSR count). The minimum Gasteiger partial charge on any atom is -0.481 e. The van der Waals surface area contributed by atoms with E-state index in [4.69, 9.17) is 0 Å². The molecule has 9 heteroatoms. The lowest BCUT2D eigenvalue weighted by atomic mass is 9.84. The van der Waals surface area contributed by atoms with Gasteiger partial charge in [-0.3, -0.25) is 24.0 Å². The van der Waals surface area contributed by atoms with E-state index in [1.165, 1.54) is 4.90 Å². The zero-order chi connectivity index (χ0) is 29.3. The van der Waals surface area contributed by atoms with Crippen molar-refractivity contribution in [1.29, 1.82) is 0 Å². The fraction of sp³-hybridized carbons (Fsp3) is 0.344. The number of imide groups is 2. The van der Waals surface area contributed by atoms with Crippen LogP contribution >= 0.6 is 0 Å². The van der Waals surface area contributed by atoms with E-state index < -0.39 is 35.5 Å². The van der Waals surface area contributed by atoms with Gasteiger partial charge >= 0.3 is 5.97 Å². The van der Waals surface area contributed by atoms with Gasteiger partial charge in [-0.2, -0.15) is 0 Å². The Morgan fingerprint density at radius 3 is 1.51 bits per heavy atom. The van der Waals surface area contributed by atoms with Gasteiger partial charge in [-0.1, -0.05) is 45.9 Å². The molecular formula is C32H31N3O6. The number of hydrogen-bond donors (Lipinski definition) is 1. The van der Waals surface area contributed by atoms with Crippen LogP contribution in [0.4, 0.5) is 5.69 Å².